The van der Waals surface area contributed by atoms with Crippen LogP contribution in [0.3, 0.4) is 0 Å². The third-order valence-corrected chi connectivity index (χ3v) is 5.34. The van der Waals surface area contributed by atoms with Gasteiger partial charge in [0.2, 0.25) is 5.91 Å². The van der Waals surface area contributed by atoms with Gasteiger partial charge in [-0.3, -0.25) is 9.69 Å². The number of anilines is 1. The second-order valence-electron chi connectivity index (χ2n) is 7.50. The van der Waals surface area contributed by atoms with Gasteiger partial charge in [0.15, 0.2) is 0 Å². The molecule has 0 unspecified atom stereocenters. The number of nitrogens with zero attached hydrogens (tertiary/aromatic N) is 5. The first-order valence-electron chi connectivity index (χ1n) is 9.43. The normalized spacial score (nSPS) is 15.9. The minimum Gasteiger partial charge on any atom is -0.353 e. The fourth-order valence-electron chi connectivity index (χ4n) is 3.57. The Kier molecular flexibility index (Phi) is 5.75. The lowest BCUT2D eigenvalue weighted by Crippen LogP contribution is -2.52. The van der Waals surface area contributed by atoms with Gasteiger partial charge in [0.05, 0.1) is 0 Å². The Morgan fingerprint density at radius 3 is 2.22 bits per heavy atom. The minimum absolute atomic E-state index is 0.166. The van der Waals surface area contributed by atoms with Gasteiger partial charge in [-0.15, -0.1) is 0 Å². The highest BCUT2D eigenvalue weighted by atomic mass is 16.2. The average Bonchev–Trinajstić information content (AvgIpc) is 2.65. The molecule has 1 aromatic heterocycles. The number of carbonyl (C=O) groups is 1. The largest absolute Gasteiger partial charge is 0.353 e. The maximum Gasteiger partial charge on any atom is 0.244 e. The molecular weight excluding hydrogens is 338 g/mol. The predicted octanol–water partition coefficient (Wildman–Crippen LogP) is 2.35. The zero-order valence-electron chi connectivity index (χ0n) is 16.9. The number of hydrogen-bond acceptors (Lipinski definition) is 5. The van der Waals surface area contributed by atoms with Gasteiger partial charge in [-0.2, -0.15) is 0 Å². The predicted molar refractivity (Wildman–Crippen MR) is 108 cm³/mol. The molecule has 6 heteroatoms. The van der Waals surface area contributed by atoms with Crippen LogP contribution in [0.25, 0.3) is 0 Å². The van der Waals surface area contributed by atoms with Gasteiger partial charge in [-0.25, -0.2) is 9.97 Å². The molecule has 1 aliphatic rings. The summed E-state index contributed by atoms with van der Waals surface area (Å²) in [6.07, 6.45) is 1.62. The van der Waals surface area contributed by atoms with Crippen molar-refractivity contribution in [3.8, 4) is 0 Å². The number of aryl methyl sites for hydroxylation is 2. The SMILES string of the molecule is Cc1ccc([C@H](C(=O)N2CCN(c3ncnc(C)c3C)CC2)N(C)C)cc1. The van der Waals surface area contributed by atoms with Crippen molar-refractivity contribution in [1.29, 1.82) is 0 Å². The number of rotatable bonds is 4. The molecule has 2 heterocycles. The van der Waals surface area contributed by atoms with E-state index in [-0.39, 0.29) is 11.9 Å². The summed E-state index contributed by atoms with van der Waals surface area (Å²) < 4.78 is 0. The summed E-state index contributed by atoms with van der Waals surface area (Å²) in [7, 11) is 3.93. The Hall–Kier alpha value is -2.47. The van der Waals surface area contributed by atoms with Crippen LogP contribution in [0.5, 0.6) is 0 Å². The molecule has 144 valence electrons. The summed E-state index contributed by atoms with van der Waals surface area (Å²) >= 11 is 0. The first-order valence-corrected chi connectivity index (χ1v) is 9.43. The summed E-state index contributed by atoms with van der Waals surface area (Å²) in [4.78, 5) is 28.2. The molecule has 1 amide bonds. The van der Waals surface area contributed by atoms with Crippen LogP contribution < -0.4 is 4.90 Å². The molecule has 1 fully saturated rings. The number of benzene rings is 1. The molecule has 27 heavy (non-hydrogen) atoms. The maximum absolute atomic E-state index is 13.2. The third-order valence-electron chi connectivity index (χ3n) is 5.34. The molecule has 2 aromatic rings. The van der Waals surface area contributed by atoms with E-state index >= 15 is 0 Å². The van der Waals surface area contributed by atoms with Gasteiger partial charge in [0, 0.05) is 37.4 Å². The van der Waals surface area contributed by atoms with E-state index < -0.39 is 0 Å². The highest BCUT2D eigenvalue weighted by Crippen LogP contribution is 2.24. The van der Waals surface area contributed by atoms with Crippen molar-refractivity contribution in [2.75, 3.05) is 45.2 Å². The molecule has 6 nitrogen and oxygen atoms in total. The molecule has 0 saturated carbocycles. The van der Waals surface area contributed by atoms with E-state index in [0.717, 1.165) is 35.7 Å². The number of aromatic nitrogens is 2. The van der Waals surface area contributed by atoms with Crippen LogP contribution in [0.15, 0.2) is 30.6 Å². The van der Waals surface area contributed by atoms with Crippen molar-refractivity contribution < 1.29 is 4.79 Å². The van der Waals surface area contributed by atoms with Crippen LogP contribution in [0.4, 0.5) is 5.82 Å². The van der Waals surface area contributed by atoms with E-state index in [4.69, 9.17) is 0 Å². The van der Waals surface area contributed by atoms with Crippen LogP contribution in [0.2, 0.25) is 0 Å². The molecule has 0 bridgehead atoms. The molecule has 3 rings (SSSR count). The van der Waals surface area contributed by atoms with Crippen LogP contribution in [0.1, 0.15) is 28.4 Å². The second-order valence-corrected chi connectivity index (χ2v) is 7.50. The molecule has 1 aromatic carbocycles. The summed E-state index contributed by atoms with van der Waals surface area (Å²) in [6.45, 7) is 9.11. The van der Waals surface area contributed by atoms with E-state index in [1.807, 2.05) is 30.8 Å². The standard InChI is InChI=1S/C21H29N5O/c1-15-6-8-18(9-7-15)19(24(4)5)21(27)26-12-10-25(11-13-26)20-16(2)17(3)22-14-23-20/h6-9,14,19H,10-13H2,1-5H3/t19-/m1/s1. The van der Waals surface area contributed by atoms with E-state index in [1.165, 1.54) is 5.56 Å². The number of likely N-dealkylation sites (N-methyl/N-ethyl adjacent to an activating group) is 1. The van der Waals surface area contributed by atoms with Gasteiger partial charge >= 0.3 is 0 Å². The number of piperazine rings is 1. The summed E-state index contributed by atoms with van der Waals surface area (Å²) in [5.41, 5.74) is 4.36. The van der Waals surface area contributed by atoms with Crippen molar-refractivity contribution in [3.05, 3.63) is 53.0 Å². The number of amides is 1. The van der Waals surface area contributed by atoms with E-state index in [9.17, 15) is 4.79 Å². The van der Waals surface area contributed by atoms with Gasteiger partial charge < -0.3 is 9.80 Å². The molecule has 1 aliphatic heterocycles. The Balaban J connectivity index is 1.71. The molecule has 0 N–H and O–H groups in total. The minimum atomic E-state index is -0.250. The highest BCUT2D eigenvalue weighted by Gasteiger charge is 2.30. The number of hydrogen-bond donors (Lipinski definition) is 0. The van der Waals surface area contributed by atoms with Crippen molar-refractivity contribution in [2.45, 2.75) is 26.8 Å². The number of carbonyl (C=O) groups excluding carboxylic acids is 1. The van der Waals surface area contributed by atoms with Crippen molar-refractivity contribution in [2.24, 2.45) is 0 Å². The molecular formula is C21H29N5O. The van der Waals surface area contributed by atoms with Crippen LogP contribution in [-0.2, 0) is 4.79 Å². The fraction of sp³-hybridized carbons (Fsp3) is 0.476. The van der Waals surface area contributed by atoms with E-state index in [1.54, 1.807) is 6.33 Å². The van der Waals surface area contributed by atoms with Gasteiger partial charge in [0.25, 0.3) is 0 Å². The summed E-state index contributed by atoms with van der Waals surface area (Å²) in [5, 5.41) is 0. The Morgan fingerprint density at radius 1 is 1.00 bits per heavy atom. The van der Waals surface area contributed by atoms with E-state index in [0.29, 0.717) is 13.1 Å². The first-order chi connectivity index (χ1) is 12.9. The van der Waals surface area contributed by atoms with Crippen LogP contribution in [0, 0.1) is 20.8 Å². The summed E-state index contributed by atoms with van der Waals surface area (Å²) in [5.74, 6) is 1.15. The molecule has 1 atom stereocenters. The Labute approximate surface area is 161 Å². The monoisotopic (exact) mass is 367 g/mol. The summed E-state index contributed by atoms with van der Waals surface area (Å²) in [6, 6.07) is 8.00. The molecule has 0 aliphatic carbocycles. The average molecular weight is 367 g/mol. The molecule has 0 radical (unpaired) electrons. The second kappa shape index (κ2) is 8.05. The van der Waals surface area contributed by atoms with Gasteiger partial charge in [-0.05, 0) is 40.4 Å². The van der Waals surface area contributed by atoms with Crippen molar-refractivity contribution in [1.82, 2.24) is 19.8 Å². The quantitative estimate of drug-likeness (QED) is 0.830. The lowest BCUT2D eigenvalue weighted by atomic mass is 10.0. The maximum atomic E-state index is 13.2. The van der Waals surface area contributed by atoms with Crippen LogP contribution >= 0.6 is 0 Å². The lowest BCUT2D eigenvalue weighted by molar-refractivity contribution is -0.136. The molecule has 1 saturated heterocycles. The molecule has 0 spiro atoms. The zero-order chi connectivity index (χ0) is 19.6. The van der Waals surface area contributed by atoms with Crippen molar-refractivity contribution in [3.63, 3.8) is 0 Å². The van der Waals surface area contributed by atoms with E-state index in [2.05, 4.69) is 53.0 Å². The Bertz CT molecular complexity index is 795. The third kappa shape index (κ3) is 4.11. The first kappa shape index (κ1) is 19.3. The Morgan fingerprint density at radius 2 is 1.63 bits per heavy atom. The zero-order valence-corrected chi connectivity index (χ0v) is 16.9. The van der Waals surface area contributed by atoms with Gasteiger partial charge in [0.1, 0.15) is 18.2 Å². The smallest absolute Gasteiger partial charge is 0.244 e. The fourth-order valence-corrected chi connectivity index (χ4v) is 3.57. The topological polar surface area (TPSA) is 52.6 Å². The lowest BCUT2D eigenvalue weighted by Gasteiger charge is -2.38. The van der Waals surface area contributed by atoms with Crippen molar-refractivity contribution >= 4 is 11.7 Å². The highest BCUT2D eigenvalue weighted by molar-refractivity contribution is 5.83. The van der Waals surface area contributed by atoms with Gasteiger partial charge in [-0.1, -0.05) is 29.8 Å². The van der Waals surface area contributed by atoms with Crippen LogP contribution in [-0.4, -0.2) is 65.9 Å².